The molecule has 0 aliphatic heterocycles. The van der Waals surface area contributed by atoms with Crippen LogP contribution in [-0.2, 0) is 10.0 Å². The molecular weight excluding hydrogens is 330 g/mol. The van der Waals surface area contributed by atoms with Crippen molar-refractivity contribution in [2.75, 3.05) is 0 Å². The summed E-state index contributed by atoms with van der Waals surface area (Å²) in [6.45, 7) is 4.16. The van der Waals surface area contributed by atoms with Crippen LogP contribution in [0.4, 0.5) is 0 Å². The van der Waals surface area contributed by atoms with Crippen molar-refractivity contribution in [3.8, 4) is 0 Å². The molecule has 0 radical (unpaired) electrons. The Bertz CT molecular complexity index is 784. The first-order valence-corrected chi connectivity index (χ1v) is 10.6. The first-order valence-electron chi connectivity index (χ1n) is 9.15. The highest BCUT2D eigenvalue weighted by Crippen LogP contribution is 2.50. The average Bonchev–Trinajstić information content (AvgIpc) is 3.38. The summed E-state index contributed by atoms with van der Waals surface area (Å²) < 4.78 is 28.7. The third-order valence-electron chi connectivity index (χ3n) is 5.11. The van der Waals surface area contributed by atoms with Crippen LogP contribution in [0.2, 0.25) is 0 Å². The number of rotatable bonds is 8. The van der Waals surface area contributed by atoms with Crippen LogP contribution in [-0.4, -0.2) is 8.42 Å². The Morgan fingerprint density at radius 3 is 2.40 bits per heavy atom. The maximum Gasteiger partial charge on any atom is 0.241 e. The van der Waals surface area contributed by atoms with Gasteiger partial charge in [-0.1, -0.05) is 74.2 Å². The van der Waals surface area contributed by atoms with Gasteiger partial charge >= 0.3 is 0 Å². The highest BCUT2D eigenvalue weighted by atomic mass is 32.2. The van der Waals surface area contributed by atoms with E-state index in [1.807, 2.05) is 49.4 Å². The van der Waals surface area contributed by atoms with E-state index in [-0.39, 0.29) is 6.04 Å². The first-order chi connectivity index (χ1) is 12.0. The number of benzene rings is 2. The minimum atomic E-state index is -3.52. The van der Waals surface area contributed by atoms with E-state index in [4.69, 9.17) is 0 Å². The number of nitrogens with one attached hydrogen (secondary N) is 1. The minimum absolute atomic E-state index is 0.144. The molecule has 2 aromatic rings. The van der Waals surface area contributed by atoms with Crippen LogP contribution in [0.25, 0.3) is 0 Å². The molecule has 3 atom stereocenters. The predicted molar refractivity (Wildman–Crippen MR) is 102 cm³/mol. The van der Waals surface area contributed by atoms with Gasteiger partial charge in [-0.05, 0) is 42.9 Å². The second-order valence-corrected chi connectivity index (χ2v) is 8.84. The molecule has 134 valence electrons. The molecule has 0 amide bonds. The lowest BCUT2D eigenvalue weighted by Crippen LogP contribution is -2.30. The molecule has 25 heavy (non-hydrogen) atoms. The zero-order valence-electron chi connectivity index (χ0n) is 15.0. The molecule has 0 spiro atoms. The van der Waals surface area contributed by atoms with E-state index in [0.717, 1.165) is 17.5 Å². The molecule has 1 fully saturated rings. The molecule has 3 nitrogen and oxygen atoms in total. The summed E-state index contributed by atoms with van der Waals surface area (Å²) in [4.78, 5) is 0.338. The molecule has 2 unspecified atom stereocenters. The third-order valence-corrected chi connectivity index (χ3v) is 6.56. The lowest BCUT2D eigenvalue weighted by molar-refractivity contribution is 0.491. The van der Waals surface area contributed by atoms with Crippen molar-refractivity contribution >= 4 is 10.0 Å². The molecule has 1 N–H and O–H groups in total. The first kappa shape index (κ1) is 18.2. The Kier molecular flexibility index (Phi) is 5.60. The molecule has 0 saturated heterocycles. The zero-order chi connectivity index (χ0) is 17.9. The molecule has 0 bridgehead atoms. The van der Waals surface area contributed by atoms with Crippen LogP contribution in [0, 0.1) is 18.8 Å². The summed E-state index contributed by atoms with van der Waals surface area (Å²) in [7, 11) is -3.52. The van der Waals surface area contributed by atoms with Crippen molar-refractivity contribution in [3.05, 3.63) is 65.7 Å². The Balaban J connectivity index is 1.82. The van der Waals surface area contributed by atoms with Crippen molar-refractivity contribution in [3.63, 3.8) is 0 Å². The maximum atomic E-state index is 12.9. The maximum absolute atomic E-state index is 12.9. The van der Waals surface area contributed by atoms with Gasteiger partial charge in [0.05, 0.1) is 10.9 Å². The van der Waals surface area contributed by atoms with Gasteiger partial charge in [0.2, 0.25) is 10.0 Å². The van der Waals surface area contributed by atoms with Gasteiger partial charge in [0.15, 0.2) is 0 Å². The molecule has 0 aromatic heterocycles. The standard InChI is InChI=1S/C21H27NO2S/c1-3-4-8-18-15-20(18)21(17-9-6-5-7-10-17)22-25(23,24)19-13-11-16(2)12-14-19/h5-7,9-14,18,20-22H,3-4,8,15H2,1-2H3/t18?,20?,21-/m0/s1. The van der Waals surface area contributed by atoms with Crippen LogP contribution in [0.5, 0.6) is 0 Å². The molecule has 3 rings (SSSR count). The van der Waals surface area contributed by atoms with Crippen molar-refractivity contribution < 1.29 is 8.42 Å². The largest absolute Gasteiger partial charge is 0.241 e. The highest BCUT2D eigenvalue weighted by Gasteiger charge is 2.44. The summed E-state index contributed by atoms with van der Waals surface area (Å²) in [5.74, 6) is 1.03. The zero-order valence-corrected chi connectivity index (χ0v) is 15.8. The molecule has 1 saturated carbocycles. The van der Waals surface area contributed by atoms with Crippen molar-refractivity contribution in [1.29, 1.82) is 0 Å². The average molecular weight is 358 g/mol. The van der Waals surface area contributed by atoms with Gasteiger partial charge in [0, 0.05) is 0 Å². The summed E-state index contributed by atoms with van der Waals surface area (Å²) in [5, 5.41) is 0. The third kappa shape index (κ3) is 4.50. The summed E-state index contributed by atoms with van der Waals surface area (Å²) in [5.41, 5.74) is 2.11. The van der Waals surface area contributed by atoms with Crippen molar-refractivity contribution in [1.82, 2.24) is 4.72 Å². The summed E-state index contributed by atoms with van der Waals surface area (Å²) in [6, 6.07) is 16.9. The van der Waals surface area contributed by atoms with Crippen LogP contribution in [0.15, 0.2) is 59.5 Å². The second kappa shape index (κ2) is 7.71. The van der Waals surface area contributed by atoms with Crippen LogP contribution >= 0.6 is 0 Å². The van der Waals surface area contributed by atoms with E-state index in [2.05, 4.69) is 11.6 Å². The molecule has 2 aromatic carbocycles. The Morgan fingerprint density at radius 1 is 1.08 bits per heavy atom. The lowest BCUT2D eigenvalue weighted by atomic mass is 10.0. The van der Waals surface area contributed by atoms with E-state index in [1.54, 1.807) is 12.1 Å². The van der Waals surface area contributed by atoms with Gasteiger partial charge in [-0.25, -0.2) is 13.1 Å². The SMILES string of the molecule is CCCCC1CC1[C@@H](NS(=O)(=O)c1ccc(C)cc1)c1ccccc1. The van der Waals surface area contributed by atoms with Gasteiger partial charge < -0.3 is 0 Å². The van der Waals surface area contributed by atoms with Crippen LogP contribution in [0.1, 0.15) is 49.8 Å². The lowest BCUT2D eigenvalue weighted by Gasteiger charge is -2.20. The van der Waals surface area contributed by atoms with Crippen molar-refractivity contribution in [2.45, 2.75) is 50.5 Å². The second-order valence-electron chi connectivity index (χ2n) is 7.12. The fourth-order valence-corrected chi connectivity index (χ4v) is 4.77. The van der Waals surface area contributed by atoms with Gasteiger partial charge in [0.1, 0.15) is 0 Å². The fraction of sp³-hybridized carbons (Fsp3) is 0.429. The smallest absolute Gasteiger partial charge is 0.207 e. The topological polar surface area (TPSA) is 46.2 Å². The van der Waals surface area contributed by atoms with Crippen LogP contribution < -0.4 is 4.72 Å². The number of aryl methyl sites for hydroxylation is 1. The van der Waals surface area contributed by atoms with E-state index in [1.165, 1.54) is 19.3 Å². The Hall–Kier alpha value is -1.65. The number of unbranched alkanes of at least 4 members (excludes halogenated alkanes) is 1. The molecule has 1 aliphatic rings. The van der Waals surface area contributed by atoms with E-state index in [0.29, 0.717) is 16.7 Å². The predicted octanol–water partition coefficient (Wildman–Crippen LogP) is 4.84. The quantitative estimate of drug-likeness (QED) is 0.735. The monoisotopic (exact) mass is 357 g/mol. The Morgan fingerprint density at radius 2 is 1.76 bits per heavy atom. The molecule has 0 heterocycles. The molecule has 1 aliphatic carbocycles. The normalized spacial score (nSPS) is 21.0. The highest BCUT2D eigenvalue weighted by molar-refractivity contribution is 7.89. The van der Waals surface area contributed by atoms with Crippen LogP contribution in [0.3, 0.4) is 0 Å². The number of hydrogen-bond donors (Lipinski definition) is 1. The minimum Gasteiger partial charge on any atom is -0.207 e. The fourth-order valence-electron chi connectivity index (χ4n) is 3.49. The van der Waals surface area contributed by atoms with Gasteiger partial charge in [-0.3, -0.25) is 0 Å². The van der Waals surface area contributed by atoms with Gasteiger partial charge in [-0.2, -0.15) is 0 Å². The Labute approximate surface area is 151 Å². The van der Waals surface area contributed by atoms with Gasteiger partial charge in [0.25, 0.3) is 0 Å². The summed E-state index contributed by atoms with van der Waals surface area (Å²) >= 11 is 0. The number of hydrogen-bond acceptors (Lipinski definition) is 2. The van der Waals surface area contributed by atoms with E-state index >= 15 is 0 Å². The van der Waals surface area contributed by atoms with Gasteiger partial charge in [-0.15, -0.1) is 0 Å². The molecule has 4 heteroatoms. The number of sulfonamides is 1. The molecular formula is C21H27NO2S. The van der Waals surface area contributed by atoms with Crippen molar-refractivity contribution in [2.24, 2.45) is 11.8 Å². The summed E-state index contributed by atoms with van der Waals surface area (Å²) in [6.07, 6.45) is 4.70. The van der Waals surface area contributed by atoms with E-state index in [9.17, 15) is 8.42 Å². The van der Waals surface area contributed by atoms with E-state index < -0.39 is 10.0 Å².